The first-order valence-electron chi connectivity index (χ1n) is 10.1. The second-order valence-corrected chi connectivity index (χ2v) is 8.06. The summed E-state index contributed by atoms with van der Waals surface area (Å²) in [6, 6.07) is 8.99. The van der Waals surface area contributed by atoms with Gasteiger partial charge < -0.3 is 15.2 Å². The van der Waals surface area contributed by atoms with Crippen LogP contribution in [-0.4, -0.2) is 36.3 Å². The molecule has 0 saturated heterocycles. The van der Waals surface area contributed by atoms with Crippen molar-refractivity contribution in [2.75, 3.05) is 7.11 Å². The van der Waals surface area contributed by atoms with E-state index in [0.717, 1.165) is 0 Å². The molecule has 2 aromatic carbocycles. The van der Waals surface area contributed by atoms with Gasteiger partial charge in [-0.05, 0) is 60.7 Å². The number of carbonyl (C=O) groups excluding carboxylic acids is 2. The maximum atomic E-state index is 12.7. The highest BCUT2D eigenvalue weighted by Gasteiger charge is 2.22. The summed E-state index contributed by atoms with van der Waals surface area (Å²) in [6.45, 7) is 7.60. The van der Waals surface area contributed by atoms with E-state index in [1.54, 1.807) is 42.5 Å². The van der Waals surface area contributed by atoms with Gasteiger partial charge in [0.15, 0.2) is 11.5 Å². The molecule has 0 heterocycles. The van der Waals surface area contributed by atoms with Crippen molar-refractivity contribution in [3.05, 3.63) is 70.8 Å². The molecule has 1 unspecified atom stereocenters. The van der Waals surface area contributed by atoms with E-state index in [1.807, 2.05) is 13.8 Å². The van der Waals surface area contributed by atoms with Crippen LogP contribution < -0.4 is 15.5 Å². The molecule has 3 N–H and O–H groups in total. The number of methoxy groups -OCH3 is 1. The molecule has 1 atom stereocenters. The van der Waals surface area contributed by atoms with Crippen molar-refractivity contribution in [3.63, 3.8) is 0 Å². The Hall–Kier alpha value is -3.32. The molecule has 0 aliphatic carbocycles. The van der Waals surface area contributed by atoms with Gasteiger partial charge in [-0.2, -0.15) is 5.10 Å². The molecular weight excluding hydrogens is 430 g/mol. The zero-order valence-corrected chi connectivity index (χ0v) is 19.1. The normalized spacial score (nSPS) is 11.9. The molecule has 0 aliphatic heterocycles. The van der Waals surface area contributed by atoms with Gasteiger partial charge in [0.2, 0.25) is 0 Å². The van der Waals surface area contributed by atoms with Gasteiger partial charge in [-0.3, -0.25) is 9.59 Å². The Balaban J connectivity index is 2.12. The second-order valence-electron chi connectivity index (χ2n) is 7.62. The van der Waals surface area contributed by atoms with Crippen molar-refractivity contribution in [2.24, 2.45) is 11.0 Å². The van der Waals surface area contributed by atoms with E-state index >= 15 is 0 Å². The molecule has 0 aliphatic rings. The van der Waals surface area contributed by atoms with Gasteiger partial charge in [0.05, 0.1) is 13.3 Å². The summed E-state index contributed by atoms with van der Waals surface area (Å²) >= 11 is 5.87. The van der Waals surface area contributed by atoms with Crippen LogP contribution >= 0.6 is 11.6 Å². The number of hydrogen-bond acceptors (Lipinski definition) is 5. The van der Waals surface area contributed by atoms with Crippen LogP contribution in [-0.2, 0) is 11.2 Å². The molecule has 0 aromatic heterocycles. The van der Waals surface area contributed by atoms with Gasteiger partial charge >= 0.3 is 0 Å². The van der Waals surface area contributed by atoms with Gasteiger partial charge in [0, 0.05) is 16.1 Å². The quantitative estimate of drug-likeness (QED) is 0.284. The maximum absolute atomic E-state index is 12.7. The highest BCUT2D eigenvalue weighted by Crippen LogP contribution is 2.31. The number of halogens is 1. The minimum absolute atomic E-state index is 0.0375. The second kappa shape index (κ2) is 11.9. The number of allylic oxidation sites excluding steroid dienone is 1. The van der Waals surface area contributed by atoms with Crippen LogP contribution in [0, 0.1) is 5.92 Å². The number of ether oxygens (including phenoxy) is 1. The van der Waals surface area contributed by atoms with Crippen molar-refractivity contribution in [2.45, 2.75) is 32.7 Å². The van der Waals surface area contributed by atoms with Crippen LogP contribution in [0.4, 0.5) is 0 Å². The van der Waals surface area contributed by atoms with Crippen molar-refractivity contribution in [3.8, 4) is 11.5 Å². The number of hydrazone groups is 1. The molecule has 32 heavy (non-hydrogen) atoms. The van der Waals surface area contributed by atoms with E-state index in [9.17, 15) is 14.7 Å². The van der Waals surface area contributed by atoms with E-state index in [2.05, 4.69) is 22.4 Å². The van der Waals surface area contributed by atoms with Crippen LogP contribution in [0.3, 0.4) is 0 Å². The monoisotopic (exact) mass is 457 g/mol. The number of phenols is 1. The van der Waals surface area contributed by atoms with Crippen LogP contribution in [0.1, 0.15) is 41.8 Å². The molecule has 8 heteroatoms. The summed E-state index contributed by atoms with van der Waals surface area (Å²) < 4.78 is 5.19. The summed E-state index contributed by atoms with van der Waals surface area (Å²) in [7, 11) is 1.45. The van der Waals surface area contributed by atoms with Gasteiger partial charge in [0.25, 0.3) is 11.8 Å². The predicted molar refractivity (Wildman–Crippen MR) is 126 cm³/mol. The van der Waals surface area contributed by atoms with E-state index in [1.165, 1.54) is 13.3 Å². The van der Waals surface area contributed by atoms with E-state index in [-0.39, 0.29) is 17.6 Å². The van der Waals surface area contributed by atoms with Gasteiger partial charge in [-0.1, -0.05) is 31.5 Å². The summed E-state index contributed by atoms with van der Waals surface area (Å²) in [5.41, 5.74) is 4.14. The largest absolute Gasteiger partial charge is 0.504 e. The number of amides is 2. The Morgan fingerprint density at radius 1 is 1.25 bits per heavy atom. The molecule has 0 fully saturated rings. The number of phenolic OH excluding ortho intramolecular Hbond substituents is 1. The van der Waals surface area contributed by atoms with Gasteiger partial charge in [0.1, 0.15) is 6.04 Å². The Labute approximate surface area is 193 Å². The third-order valence-electron chi connectivity index (χ3n) is 4.58. The molecular formula is C24H28ClN3O4. The topological polar surface area (TPSA) is 100 Å². The molecule has 7 nitrogen and oxygen atoms in total. The first-order chi connectivity index (χ1) is 15.2. The lowest BCUT2D eigenvalue weighted by atomic mass is 10.0. The molecule has 2 aromatic rings. The average molecular weight is 458 g/mol. The van der Waals surface area contributed by atoms with Crippen molar-refractivity contribution in [1.29, 1.82) is 0 Å². The molecule has 170 valence electrons. The fraction of sp³-hybridized carbons (Fsp3) is 0.292. The summed E-state index contributed by atoms with van der Waals surface area (Å²) in [4.78, 5) is 25.2. The lowest BCUT2D eigenvalue weighted by molar-refractivity contribution is -0.123. The van der Waals surface area contributed by atoms with Crippen LogP contribution in [0.2, 0.25) is 5.02 Å². The minimum atomic E-state index is -0.763. The summed E-state index contributed by atoms with van der Waals surface area (Å²) in [5, 5.41) is 17.5. The average Bonchev–Trinajstić information content (AvgIpc) is 2.75. The smallest absolute Gasteiger partial charge is 0.262 e. The third kappa shape index (κ3) is 7.13. The van der Waals surface area contributed by atoms with Crippen LogP contribution in [0.15, 0.2) is 54.2 Å². The van der Waals surface area contributed by atoms with Crippen molar-refractivity contribution in [1.82, 2.24) is 10.7 Å². The first kappa shape index (κ1) is 24.9. The standard InChI is InChI=1S/C24H28ClN3O4/c1-5-6-18-12-16(13-21(32-4)22(18)29)14-26-28-24(31)20(11-15(2)3)27-23(30)17-7-9-19(25)10-8-17/h5,7-10,12-15,20,29H,1,6,11H2,2-4H3,(H,27,30)(H,28,31)/b26-14+. The fourth-order valence-electron chi connectivity index (χ4n) is 3.02. The van der Waals surface area contributed by atoms with Crippen LogP contribution in [0.25, 0.3) is 0 Å². The number of nitrogens with zero attached hydrogens (tertiary/aromatic N) is 1. The zero-order valence-electron chi connectivity index (χ0n) is 18.4. The van der Waals surface area contributed by atoms with E-state index in [0.29, 0.717) is 40.3 Å². The lowest BCUT2D eigenvalue weighted by Gasteiger charge is -2.19. The van der Waals surface area contributed by atoms with Crippen LogP contribution in [0.5, 0.6) is 11.5 Å². The Kier molecular flexibility index (Phi) is 9.28. The Morgan fingerprint density at radius 3 is 2.53 bits per heavy atom. The lowest BCUT2D eigenvalue weighted by Crippen LogP contribution is -2.46. The van der Waals surface area contributed by atoms with Gasteiger partial charge in [-0.25, -0.2) is 5.43 Å². The maximum Gasteiger partial charge on any atom is 0.262 e. The minimum Gasteiger partial charge on any atom is -0.504 e. The number of carbonyl (C=O) groups is 2. The SMILES string of the molecule is C=CCc1cc(/C=N/NC(=O)C(CC(C)C)NC(=O)c2ccc(Cl)cc2)cc(OC)c1O. The number of rotatable bonds is 10. The fourth-order valence-corrected chi connectivity index (χ4v) is 3.15. The number of aromatic hydroxyl groups is 1. The van der Waals surface area contributed by atoms with E-state index in [4.69, 9.17) is 16.3 Å². The summed E-state index contributed by atoms with van der Waals surface area (Å²) in [6.07, 6.45) is 4.00. The predicted octanol–water partition coefficient (Wildman–Crippen LogP) is 4.08. The molecule has 0 spiro atoms. The van der Waals surface area contributed by atoms with Gasteiger partial charge in [-0.15, -0.1) is 6.58 Å². The third-order valence-corrected chi connectivity index (χ3v) is 4.84. The molecule has 0 bridgehead atoms. The highest BCUT2D eigenvalue weighted by atomic mass is 35.5. The first-order valence-corrected chi connectivity index (χ1v) is 10.5. The zero-order chi connectivity index (χ0) is 23.7. The molecule has 0 saturated carbocycles. The van der Waals surface area contributed by atoms with E-state index < -0.39 is 11.9 Å². The Morgan fingerprint density at radius 2 is 1.94 bits per heavy atom. The van der Waals surface area contributed by atoms with Crippen molar-refractivity contribution >= 4 is 29.6 Å². The molecule has 2 rings (SSSR count). The number of benzene rings is 2. The Bertz CT molecular complexity index is 987. The van der Waals surface area contributed by atoms with Crippen molar-refractivity contribution < 1.29 is 19.4 Å². The highest BCUT2D eigenvalue weighted by molar-refractivity contribution is 6.30. The molecule has 2 amide bonds. The number of nitrogens with one attached hydrogen (secondary N) is 2. The molecule has 0 radical (unpaired) electrons. The number of hydrogen-bond donors (Lipinski definition) is 3. The summed E-state index contributed by atoms with van der Waals surface area (Å²) in [5.74, 6) is -0.304.